The Balaban J connectivity index is 1.77. The van der Waals surface area contributed by atoms with E-state index < -0.39 is 23.6 Å². The quantitative estimate of drug-likeness (QED) is 0.647. The molecule has 0 spiro atoms. The summed E-state index contributed by atoms with van der Waals surface area (Å²) in [5.41, 5.74) is -0.562. The summed E-state index contributed by atoms with van der Waals surface area (Å²) in [5, 5.41) is 7.06. The second kappa shape index (κ2) is 7.85. The van der Waals surface area contributed by atoms with Gasteiger partial charge in [0.2, 0.25) is 11.8 Å². The van der Waals surface area contributed by atoms with Gasteiger partial charge >= 0.3 is 6.18 Å². The molecule has 2 N–H and O–H groups in total. The lowest BCUT2D eigenvalue weighted by atomic mass is 10.1. The van der Waals surface area contributed by atoms with Crippen molar-refractivity contribution in [3.63, 3.8) is 0 Å². The van der Waals surface area contributed by atoms with Gasteiger partial charge in [0.15, 0.2) is 10.8 Å². The summed E-state index contributed by atoms with van der Waals surface area (Å²) in [4.78, 5) is 27.9. The number of thiazole rings is 1. The molecule has 0 saturated carbocycles. The molecule has 146 valence electrons. The van der Waals surface area contributed by atoms with Gasteiger partial charge in [0.05, 0.1) is 35.3 Å². The SMILES string of the molecule is CC(=O)Nc1ccc(C(F)(F)F)cc1NC(=O)Cc1csc(-c2ccco2)n1. The van der Waals surface area contributed by atoms with Gasteiger partial charge in [-0.3, -0.25) is 9.59 Å². The molecule has 2 amide bonds. The van der Waals surface area contributed by atoms with E-state index in [0.29, 0.717) is 16.5 Å². The predicted octanol–water partition coefficient (Wildman–Crippen LogP) is 4.56. The van der Waals surface area contributed by atoms with E-state index in [9.17, 15) is 22.8 Å². The summed E-state index contributed by atoms with van der Waals surface area (Å²) in [7, 11) is 0. The van der Waals surface area contributed by atoms with Crippen molar-refractivity contribution < 1.29 is 27.2 Å². The lowest BCUT2D eigenvalue weighted by Crippen LogP contribution is -2.18. The fraction of sp³-hybridized carbons (Fsp3) is 0.167. The zero-order valence-corrected chi connectivity index (χ0v) is 15.3. The number of rotatable bonds is 5. The highest BCUT2D eigenvalue weighted by atomic mass is 32.1. The van der Waals surface area contributed by atoms with Crippen LogP contribution < -0.4 is 10.6 Å². The third-order valence-corrected chi connectivity index (χ3v) is 4.46. The number of halogens is 3. The Kier molecular flexibility index (Phi) is 5.50. The molecule has 28 heavy (non-hydrogen) atoms. The first-order valence-electron chi connectivity index (χ1n) is 7.99. The van der Waals surface area contributed by atoms with Gasteiger partial charge in [0, 0.05) is 12.3 Å². The van der Waals surface area contributed by atoms with Crippen molar-refractivity contribution in [3.8, 4) is 10.8 Å². The fourth-order valence-corrected chi connectivity index (χ4v) is 3.17. The molecule has 0 aliphatic heterocycles. The maximum Gasteiger partial charge on any atom is 0.416 e. The van der Waals surface area contributed by atoms with Crippen LogP contribution in [0.1, 0.15) is 18.2 Å². The molecule has 0 radical (unpaired) electrons. The second-order valence-electron chi connectivity index (χ2n) is 5.79. The monoisotopic (exact) mass is 409 g/mol. The first-order valence-corrected chi connectivity index (χ1v) is 8.87. The summed E-state index contributed by atoms with van der Waals surface area (Å²) < 4.78 is 44.1. The van der Waals surface area contributed by atoms with Crippen LogP contribution in [0.4, 0.5) is 24.5 Å². The molecule has 0 saturated heterocycles. The molecule has 1 aromatic carbocycles. The van der Waals surface area contributed by atoms with Crippen LogP contribution >= 0.6 is 11.3 Å². The number of carbonyl (C=O) groups excluding carboxylic acids is 2. The maximum atomic E-state index is 13.0. The lowest BCUT2D eigenvalue weighted by Gasteiger charge is -2.14. The number of furan rings is 1. The Morgan fingerprint density at radius 3 is 2.61 bits per heavy atom. The maximum absolute atomic E-state index is 13.0. The Labute approximate surface area is 161 Å². The Morgan fingerprint density at radius 1 is 1.18 bits per heavy atom. The van der Waals surface area contributed by atoms with E-state index in [0.717, 1.165) is 18.2 Å². The van der Waals surface area contributed by atoms with Gasteiger partial charge in [-0.15, -0.1) is 11.3 Å². The number of alkyl halides is 3. The molecule has 0 unspecified atom stereocenters. The Hall–Kier alpha value is -3.14. The van der Waals surface area contributed by atoms with Crippen LogP contribution in [0.15, 0.2) is 46.4 Å². The first kappa shape index (κ1) is 19.6. The summed E-state index contributed by atoms with van der Waals surface area (Å²) in [6, 6.07) is 6.14. The number of hydrogen-bond acceptors (Lipinski definition) is 5. The molecular formula is C18H14F3N3O3S. The highest BCUT2D eigenvalue weighted by Crippen LogP contribution is 2.34. The van der Waals surface area contributed by atoms with Crippen molar-refractivity contribution >= 4 is 34.5 Å². The molecular weight excluding hydrogens is 395 g/mol. The van der Waals surface area contributed by atoms with E-state index in [-0.39, 0.29) is 17.8 Å². The number of benzene rings is 1. The first-order chi connectivity index (χ1) is 13.2. The van der Waals surface area contributed by atoms with E-state index >= 15 is 0 Å². The highest BCUT2D eigenvalue weighted by molar-refractivity contribution is 7.13. The molecule has 2 aromatic heterocycles. The average Bonchev–Trinajstić information content (AvgIpc) is 3.26. The summed E-state index contributed by atoms with van der Waals surface area (Å²) in [6.07, 6.45) is -3.23. The number of nitrogens with zero attached hydrogens (tertiary/aromatic N) is 1. The average molecular weight is 409 g/mol. The summed E-state index contributed by atoms with van der Waals surface area (Å²) in [5.74, 6) is -0.484. The number of nitrogens with one attached hydrogen (secondary N) is 2. The number of carbonyl (C=O) groups is 2. The smallest absolute Gasteiger partial charge is 0.416 e. The van der Waals surface area contributed by atoms with E-state index in [1.165, 1.54) is 24.5 Å². The van der Waals surface area contributed by atoms with Gasteiger partial charge < -0.3 is 15.1 Å². The molecule has 2 heterocycles. The van der Waals surface area contributed by atoms with E-state index in [4.69, 9.17) is 4.42 Å². The molecule has 10 heteroatoms. The molecule has 3 aromatic rings. The van der Waals surface area contributed by atoms with E-state index in [1.807, 2.05) is 0 Å². The van der Waals surface area contributed by atoms with Crippen molar-refractivity contribution in [1.29, 1.82) is 0 Å². The molecule has 0 atom stereocenters. The molecule has 0 fully saturated rings. The zero-order valence-electron chi connectivity index (χ0n) is 14.5. The predicted molar refractivity (Wildman–Crippen MR) is 97.9 cm³/mol. The molecule has 3 rings (SSSR count). The van der Waals surface area contributed by atoms with Gasteiger partial charge in [-0.05, 0) is 30.3 Å². The third kappa shape index (κ3) is 4.77. The van der Waals surface area contributed by atoms with Crippen molar-refractivity contribution in [1.82, 2.24) is 4.98 Å². The van der Waals surface area contributed by atoms with Gasteiger partial charge in [0.1, 0.15) is 0 Å². The lowest BCUT2D eigenvalue weighted by molar-refractivity contribution is -0.137. The van der Waals surface area contributed by atoms with Crippen LogP contribution in [0, 0.1) is 0 Å². The molecule has 0 aliphatic carbocycles. The Morgan fingerprint density at radius 2 is 1.96 bits per heavy atom. The van der Waals surface area contributed by atoms with Crippen LogP contribution in [-0.4, -0.2) is 16.8 Å². The molecule has 0 aliphatic rings. The summed E-state index contributed by atoms with van der Waals surface area (Å²) >= 11 is 1.28. The van der Waals surface area contributed by atoms with Crippen LogP contribution in [0.25, 0.3) is 10.8 Å². The van der Waals surface area contributed by atoms with Crippen molar-refractivity contribution in [3.05, 3.63) is 53.2 Å². The third-order valence-electron chi connectivity index (χ3n) is 3.56. The largest absolute Gasteiger partial charge is 0.462 e. The number of anilines is 2. The topological polar surface area (TPSA) is 84.2 Å². The van der Waals surface area contributed by atoms with E-state index in [1.54, 1.807) is 17.5 Å². The minimum Gasteiger partial charge on any atom is -0.462 e. The van der Waals surface area contributed by atoms with Crippen LogP contribution in [0.2, 0.25) is 0 Å². The summed E-state index contributed by atoms with van der Waals surface area (Å²) in [6.45, 7) is 1.22. The van der Waals surface area contributed by atoms with E-state index in [2.05, 4.69) is 15.6 Å². The zero-order chi connectivity index (χ0) is 20.3. The Bertz CT molecular complexity index is 997. The number of hydrogen-bond donors (Lipinski definition) is 2. The minimum absolute atomic E-state index is 0.0726. The van der Waals surface area contributed by atoms with Crippen LogP contribution in [0.3, 0.4) is 0 Å². The standard InChI is InChI=1S/C18H14F3N3O3S/c1-10(25)22-13-5-4-11(18(19,20)21)7-14(13)24-16(26)8-12-9-28-17(23-12)15-3-2-6-27-15/h2-7,9H,8H2,1H3,(H,22,25)(H,24,26). The van der Waals surface area contributed by atoms with Gasteiger partial charge in [-0.25, -0.2) is 4.98 Å². The molecule has 6 nitrogen and oxygen atoms in total. The fourth-order valence-electron chi connectivity index (χ4n) is 2.38. The number of aromatic nitrogens is 1. The van der Waals surface area contributed by atoms with Crippen LogP contribution in [0.5, 0.6) is 0 Å². The number of amides is 2. The van der Waals surface area contributed by atoms with Gasteiger partial charge in [-0.2, -0.15) is 13.2 Å². The van der Waals surface area contributed by atoms with Gasteiger partial charge in [0.25, 0.3) is 0 Å². The van der Waals surface area contributed by atoms with Crippen molar-refractivity contribution in [2.75, 3.05) is 10.6 Å². The molecule has 0 bridgehead atoms. The van der Waals surface area contributed by atoms with Gasteiger partial charge in [-0.1, -0.05) is 0 Å². The minimum atomic E-state index is -4.58. The van der Waals surface area contributed by atoms with Crippen molar-refractivity contribution in [2.24, 2.45) is 0 Å². The normalized spacial score (nSPS) is 11.3. The second-order valence-corrected chi connectivity index (χ2v) is 6.64. The van der Waals surface area contributed by atoms with Crippen molar-refractivity contribution in [2.45, 2.75) is 19.5 Å². The highest BCUT2D eigenvalue weighted by Gasteiger charge is 2.31. The van der Waals surface area contributed by atoms with Crippen LogP contribution in [-0.2, 0) is 22.2 Å².